The number of rotatable bonds is 7. The molecular formula is C22H20F2N4OS. The van der Waals surface area contributed by atoms with Crippen molar-refractivity contribution in [2.45, 2.75) is 26.3 Å². The van der Waals surface area contributed by atoms with E-state index < -0.39 is 11.6 Å². The van der Waals surface area contributed by atoms with Gasteiger partial charge in [-0.1, -0.05) is 41.2 Å². The minimum absolute atomic E-state index is 0.0827. The average molecular weight is 426 g/mol. The van der Waals surface area contributed by atoms with Gasteiger partial charge in [0, 0.05) is 31.5 Å². The summed E-state index contributed by atoms with van der Waals surface area (Å²) in [5, 5.41) is 0.373. The number of imidazole rings is 1. The molecule has 0 aliphatic carbocycles. The van der Waals surface area contributed by atoms with Crippen LogP contribution in [-0.2, 0) is 17.8 Å². The van der Waals surface area contributed by atoms with Crippen molar-refractivity contribution < 1.29 is 13.6 Å². The maximum Gasteiger partial charge on any atom is 0.233 e. The van der Waals surface area contributed by atoms with Crippen molar-refractivity contribution in [1.82, 2.24) is 14.5 Å². The Kier molecular flexibility index (Phi) is 5.85. The van der Waals surface area contributed by atoms with Crippen LogP contribution in [0.25, 0.3) is 10.2 Å². The topological polar surface area (TPSA) is 51.0 Å². The Balaban J connectivity index is 1.60. The molecule has 0 unspecified atom stereocenters. The van der Waals surface area contributed by atoms with Crippen LogP contribution in [0.5, 0.6) is 0 Å². The number of aromatic nitrogens is 3. The fraction of sp³-hybridized carbons (Fsp3) is 0.227. The van der Waals surface area contributed by atoms with Crippen molar-refractivity contribution in [3.05, 3.63) is 77.9 Å². The smallest absolute Gasteiger partial charge is 0.233 e. The number of fused-ring (bicyclic) bond motifs is 1. The lowest BCUT2D eigenvalue weighted by atomic mass is 10.1. The highest BCUT2D eigenvalue weighted by Crippen LogP contribution is 2.31. The van der Waals surface area contributed by atoms with Gasteiger partial charge >= 0.3 is 0 Å². The van der Waals surface area contributed by atoms with Crippen LogP contribution in [0.2, 0.25) is 0 Å². The number of carbonyl (C=O) groups is 1. The lowest BCUT2D eigenvalue weighted by Crippen LogP contribution is -2.33. The number of amides is 1. The molecule has 8 heteroatoms. The summed E-state index contributed by atoms with van der Waals surface area (Å²) >= 11 is 1.12. The second-order valence-electron chi connectivity index (χ2n) is 7.10. The number of hydrogen-bond acceptors (Lipinski definition) is 4. The first-order valence-electron chi connectivity index (χ1n) is 9.57. The number of nitrogens with zero attached hydrogens (tertiary/aromatic N) is 4. The van der Waals surface area contributed by atoms with E-state index in [0.717, 1.165) is 28.5 Å². The van der Waals surface area contributed by atoms with Crippen LogP contribution in [0.1, 0.15) is 17.5 Å². The molecule has 0 saturated heterocycles. The highest BCUT2D eigenvalue weighted by atomic mass is 32.1. The Bertz CT molecular complexity index is 1170. The molecule has 1 amide bonds. The zero-order chi connectivity index (χ0) is 21.1. The number of carbonyl (C=O) groups excluding carboxylic acids is 1. The van der Waals surface area contributed by atoms with Gasteiger partial charge < -0.3 is 4.57 Å². The van der Waals surface area contributed by atoms with Gasteiger partial charge in [0.05, 0.1) is 17.4 Å². The predicted octanol–water partition coefficient (Wildman–Crippen LogP) is 4.75. The van der Waals surface area contributed by atoms with E-state index in [2.05, 4.69) is 9.97 Å². The van der Waals surface area contributed by atoms with Crippen LogP contribution >= 0.6 is 11.3 Å². The molecule has 2 aromatic carbocycles. The molecule has 0 fully saturated rings. The summed E-state index contributed by atoms with van der Waals surface area (Å²) in [6, 6.07) is 9.81. The fourth-order valence-electron chi connectivity index (χ4n) is 3.31. The van der Waals surface area contributed by atoms with Crippen molar-refractivity contribution in [3.63, 3.8) is 0 Å². The van der Waals surface area contributed by atoms with E-state index in [0.29, 0.717) is 29.3 Å². The Morgan fingerprint density at radius 1 is 1.23 bits per heavy atom. The molecule has 0 aliphatic rings. The van der Waals surface area contributed by atoms with E-state index in [-0.39, 0.29) is 17.8 Å². The summed E-state index contributed by atoms with van der Waals surface area (Å²) in [7, 11) is 0. The Morgan fingerprint density at radius 2 is 2.10 bits per heavy atom. The molecule has 0 bridgehead atoms. The largest absolute Gasteiger partial charge is 0.337 e. The maximum atomic E-state index is 14.1. The van der Waals surface area contributed by atoms with E-state index >= 15 is 0 Å². The van der Waals surface area contributed by atoms with Gasteiger partial charge in [-0.2, -0.15) is 0 Å². The number of thiazole rings is 1. The van der Waals surface area contributed by atoms with Gasteiger partial charge in [-0.3, -0.25) is 9.69 Å². The van der Waals surface area contributed by atoms with E-state index in [4.69, 9.17) is 0 Å². The molecule has 154 valence electrons. The zero-order valence-electron chi connectivity index (χ0n) is 16.4. The van der Waals surface area contributed by atoms with Gasteiger partial charge in [-0.15, -0.1) is 0 Å². The molecule has 2 aromatic heterocycles. The van der Waals surface area contributed by atoms with Crippen LogP contribution in [0.4, 0.5) is 13.9 Å². The molecule has 0 saturated carbocycles. The predicted molar refractivity (Wildman–Crippen MR) is 114 cm³/mol. The van der Waals surface area contributed by atoms with Crippen LogP contribution in [0, 0.1) is 18.6 Å². The lowest BCUT2D eigenvalue weighted by molar-refractivity contribution is -0.118. The molecule has 4 rings (SSSR count). The number of halogens is 2. The summed E-state index contributed by atoms with van der Waals surface area (Å²) in [6.45, 7) is 3.07. The Hall–Kier alpha value is -3.13. The third-order valence-corrected chi connectivity index (χ3v) is 5.75. The zero-order valence-corrected chi connectivity index (χ0v) is 17.2. The molecule has 30 heavy (non-hydrogen) atoms. The molecule has 4 aromatic rings. The first-order chi connectivity index (χ1) is 14.5. The van der Waals surface area contributed by atoms with Crippen molar-refractivity contribution >= 4 is 32.6 Å². The van der Waals surface area contributed by atoms with Crippen molar-refractivity contribution in [1.29, 1.82) is 0 Å². The summed E-state index contributed by atoms with van der Waals surface area (Å²) in [6.07, 6.45) is 6.15. The summed E-state index contributed by atoms with van der Waals surface area (Å²) in [5.74, 6) is -1.52. The highest BCUT2D eigenvalue weighted by Gasteiger charge is 2.21. The number of hydrogen-bond donors (Lipinski definition) is 0. The van der Waals surface area contributed by atoms with Crippen LogP contribution in [-0.4, -0.2) is 27.0 Å². The lowest BCUT2D eigenvalue weighted by Gasteiger charge is -2.20. The minimum atomic E-state index is -0.725. The molecule has 5 nitrogen and oxygen atoms in total. The molecule has 2 heterocycles. The van der Waals surface area contributed by atoms with Crippen LogP contribution in [0.3, 0.4) is 0 Å². The van der Waals surface area contributed by atoms with Gasteiger partial charge in [0.2, 0.25) is 5.91 Å². The van der Waals surface area contributed by atoms with Crippen LogP contribution < -0.4 is 4.90 Å². The van der Waals surface area contributed by atoms with E-state index in [1.165, 1.54) is 6.07 Å². The number of benzene rings is 2. The highest BCUT2D eigenvalue weighted by molar-refractivity contribution is 7.22. The SMILES string of the molecule is Cc1cccc(CC(=O)N(CCCn2ccnc2)c2nc3c(F)cc(F)cc3s2)c1. The first-order valence-corrected chi connectivity index (χ1v) is 10.4. The Labute approximate surface area is 176 Å². The molecule has 0 aliphatic heterocycles. The fourth-order valence-corrected chi connectivity index (χ4v) is 4.36. The van der Waals surface area contributed by atoms with E-state index in [1.807, 2.05) is 42.0 Å². The van der Waals surface area contributed by atoms with Gasteiger partial charge in [-0.05, 0) is 25.0 Å². The summed E-state index contributed by atoms with van der Waals surface area (Å²) < 4.78 is 30.1. The monoisotopic (exact) mass is 426 g/mol. The molecule has 0 N–H and O–H groups in total. The van der Waals surface area contributed by atoms with Crippen molar-refractivity contribution in [3.8, 4) is 0 Å². The third-order valence-electron chi connectivity index (χ3n) is 4.73. The number of anilines is 1. The van der Waals surface area contributed by atoms with Gasteiger partial charge in [0.1, 0.15) is 11.3 Å². The van der Waals surface area contributed by atoms with Gasteiger partial charge in [0.25, 0.3) is 0 Å². The normalized spacial score (nSPS) is 11.2. The van der Waals surface area contributed by atoms with Crippen LogP contribution in [0.15, 0.2) is 55.1 Å². The average Bonchev–Trinajstić information content (AvgIpc) is 3.35. The Morgan fingerprint density at radius 3 is 2.87 bits per heavy atom. The summed E-state index contributed by atoms with van der Waals surface area (Å²) in [5.41, 5.74) is 2.06. The molecule has 0 spiro atoms. The van der Waals surface area contributed by atoms with Gasteiger partial charge in [-0.25, -0.2) is 18.7 Å². The van der Waals surface area contributed by atoms with E-state index in [9.17, 15) is 13.6 Å². The number of aryl methyl sites for hydroxylation is 2. The van der Waals surface area contributed by atoms with Gasteiger partial charge in [0.15, 0.2) is 10.9 Å². The molecule has 0 radical (unpaired) electrons. The second kappa shape index (κ2) is 8.71. The molecular weight excluding hydrogens is 406 g/mol. The van der Waals surface area contributed by atoms with Crippen molar-refractivity contribution in [2.75, 3.05) is 11.4 Å². The maximum absolute atomic E-state index is 14.1. The van der Waals surface area contributed by atoms with E-state index in [1.54, 1.807) is 17.4 Å². The third kappa shape index (κ3) is 4.54. The second-order valence-corrected chi connectivity index (χ2v) is 8.11. The standard InChI is InChI=1S/C22H20F2N4OS/c1-15-4-2-5-16(10-15)11-20(29)28(8-3-7-27-9-6-25-14-27)22-26-21-18(24)12-17(23)13-19(21)30-22/h2,4-6,9-10,12-14H,3,7-8,11H2,1H3. The van der Waals surface area contributed by atoms with Crippen molar-refractivity contribution in [2.24, 2.45) is 0 Å². The quantitative estimate of drug-likeness (QED) is 0.429. The molecule has 0 atom stereocenters. The summed E-state index contributed by atoms with van der Waals surface area (Å²) in [4.78, 5) is 23.1. The minimum Gasteiger partial charge on any atom is -0.337 e. The first kappa shape index (κ1) is 20.2.